The van der Waals surface area contributed by atoms with E-state index < -0.39 is 17.9 Å². The second-order valence-corrected chi connectivity index (χ2v) is 9.78. The highest BCUT2D eigenvalue weighted by Crippen LogP contribution is 2.19. The normalized spacial score (nSPS) is 11.7. The molecule has 3 rings (SSSR count). The number of carbonyl (C=O) groups is 3. The van der Waals surface area contributed by atoms with Crippen LogP contribution >= 0.6 is 0 Å². The number of benzene rings is 1. The Morgan fingerprint density at radius 2 is 1.62 bits per heavy atom. The number of aromatic nitrogens is 4. The van der Waals surface area contributed by atoms with Crippen LogP contribution in [0, 0.1) is 0 Å². The van der Waals surface area contributed by atoms with Gasteiger partial charge in [-0.1, -0.05) is 0 Å². The van der Waals surface area contributed by atoms with E-state index in [0.717, 1.165) is 5.69 Å². The predicted octanol–water partition coefficient (Wildman–Crippen LogP) is -0.691. The van der Waals surface area contributed by atoms with Crippen molar-refractivity contribution in [3.05, 3.63) is 41.7 Å². The molecule has 17 nitrogen and oxygen atoms in total. The number of nitrogens with one attached hydrogen (secondary N) is 2. The summed E-state index contributed by atoms with van der Waals surface area (Å²) in [5.41, 5.74) is 19.1. The number of carbonyl (C=O) groups excluding carboxylic acids is 2. The molecule has 2 heterocycles. The van der Waals surface area contributed by atoms with Crippen molar-refractivity contribution in [2.45, 2.75) is 25.4 Å². The van der Waals surface area contributed by atoms with Gasteiger partial charge in [0.15, 0.2) is 17.0 Å². The summed E-state index contributed by atoms with van der Waals surface area (Å²) < 4.78 is 15.9. The summed E-state index contributed by atoms with van der Waals surface area (Å²) >= 11 is 0. The Labute approximate surface area is 259 Å². The zero-order valence-electron chi connectivity index (χ0n) is 25.1. The largest absolute Gasteiger partial charge is 0.480 e. The van der Waals surface area contributed by atoms with Gasteiger partial charge in [-0.05, 0) is 30.7 Å². The number of anilines is 3. The van der Waals surface area contributed by atoms with Crippen molar-refractivity contribution in [1.82, 2.24) is 30.6 Å². The van der Waals surface area contributed by atoms with Crippen molar-refractivity contribution in [3.8, 4) is 0 Å². The average Bonchev–Trinajstić information content (AvgIpc) is 3.02. The molecule has 0 saturated heterocycles. The molecule has 1 atom stereocenters. The molecule has 0 spiro atoms. The van der Waals surface area contributed by atoms with Crippen LogP contribution in [-0.2, 0) is 30.3 Å². The van der Waals surface area contributed by atoms with Gasteiger partial charge in [0, 0.05) is 37.8 Å². The van der Waals surface area contributed by atoms with Crippen LogP contribution < -0.4 is 32.7 Å². The van der Waals surface area contributed by atoms with E-state index in [4.69, 9.17) is 31.4 Å². The van der Waals surface area contributed by atoms with Gasteiger partial charge < -0.3 is 52.1 Å². The summed E-state index contributed by atoms with van der Waals surface area (Å²) in [6, 6.07) is 5.35. The van der Waals surface area contributed by atoms with Crippen LogP contribution in [0.5, 0.6) is 0 Å². The minimum absolute atomic E-state index is 0.0142. The molecule has 0 radical (unpaired) electrons. The van der Waals surface area contributed by atoms with E-state index in [-0.39, 0.29) is 49.2 Å². The molecule has 0 aliphatic heterocycles. The van der Waals surface area contributed by atoms with Crippen LogP contribution in [0.2, 0.25) is 0 Å². The van der Waals surface area contributed by atoms with Gasteiger partial charge in [0.1, 0.15) is 6.04 Å². The molecule has 0 aliphatic carbocycles. The number of carboxylic acids is 1. The van der Waals surface area contributed by atoms with Crippen LogP contribution in [0.3, 0.4) is 0 Å². The van der Waals surface area contributed by atoms with Crippen LogP contribution in [0.25, 0.3) is 11.2 Å². The third-order valence-corrected chi connectivity index (χ3v) is 6.31. The fourth-order valence-electron chi connectivity index (χ4n) is 4.01. The van der Waals surface area contributed by atoms with Crippen molar-refractivity contribution in [2.24, 2.45) is 5.73 Å². The summed E-state index contributed by atoms with van der Waals surface area (Å²) in [5, 5.41) is 14.7. The van der Waals surface area contributed by atoms with Gasteiger partial charge in [-0.25, -0.2) is 14.8 Å². The Bertz CT molecular complexity index is 1410. The summed E-state index contributed by atoms with van der Waals surface area (Å²) in [5.74, 6) is -2.02. The summed E-state index contributed by atoms with van der Waals surface area (Å²) in [4.78, 5) is 55.2. The molecule has 3 aromatic rings. The van der Waals surface area contributed by atoms with Crippen molar-refractivity contribution >= 4 is 46.4 Å². The maximum atomic E-state index is 12.8. The Morgan fingerprint density at radius 1 is 0.956 bits per heavy atom. The van der Waals surface area contributed by atoms with Crippen molar-refractivity contribution in [2.75, 3.05) is 76.1 Å². The minimum Gasteiger partial charge on any atom is -0.480 e. The first-order valence-electron chi connectivity index (χ1n) is 14.3. The zero-order valence-corrected chi connectivity index (χ0v) is 25.1. The number of hydrogen-bond donors (Lipinski definition) is 6. The highest BCUT2D eigenvalue weighted by molar-refractivity contribution is 5.97. The maximum Gasteiger partial charge on any atom is 0.326 e. The van der Waals surface area contributed by atoms with Gasteiger partial charge in [0.25, 0.3) is 5.91 Å². The minimum atomic E-state index is -1.24. The van der Waals surface area contributed by atoms with E-state index in [0.29, 0.717) is 63.0 Å². The van der Waals surface area contributed by atoms with Gasteiger partial charge >= 0.3 is 5.97 Å². The number of nitrogen functional groups attached to an aromatic ring is 2. The summed E-state index contributed by atoms with van der Waals surface area (Å²) in [6.07, 6.45) is 1.40. The molecule has 17 heteroatoms. The van der Waals surface area contributed by atoms with Crippen LogP contribution in [-0.4, -0.2) is 109 Å². The topological polar surface area (TPSA) is 256 Å². The second-order valence-electron chi connectivity index (χ2n) is 9.78. The number of nitrogens with two attached hydrogens (primary N) is 3. The first-order valence-corrected chi connectivity index (χ1v) is 14.3. The molecular formula is C28H40N10O7. The Kier molecular flexibility index (Phi) is 14.0. The number of hydrogen-bond acceptors (Lipinski definition) is 14. The standard InChI is InChI=1S/C28H40N10O7/c1-38(17-19-16-33-25-23(34-19)24(30)36-28(31)37-25)20-4-2-18(3-5-20)26(40)35-21(27(41)42)6-7-22(39)32-9-11-44-13-15-45-14-12-43-10-8-29/h2-5,16,21H,6-15,17,29H2,1H3,(H,32,39)(H,35,40)(H,41,42)(H4,30,31,33,36,37). The molecule has 45 heavy (non-hydrogen) atoms. The lowest BCUT2D eigenvalue weighted by Crippen LogP contribution is -2.41. The number of fused-ring (bicyclic) bond motifs is 1. The van der Waals surface area contributed by atoms with E-state index in [1.54, 1.807) is 30.5 Å². The van der Waals surface area contributed by atoms with E-state index in [9.17, 15) is 19.5 Å². The first-order chi connectivity index (χ1) is 21.7. The molecule has 244 valence electrons. The fourth-order valence-corrected chi connectivity index (χ4v) is 4.01. The molecule has 9 N–H and O–H groups in total. The Balaban J connectivity index is 1.39. The molecule has 0 bridgehead atoms. The third kappa shape index (κ3) is 11.7. The van der Waals surface area contributed by atoms with Gasteiger partial charge in [-0.15, -0.1) is 0 Å². The monoisotopic (exact) mass is 628 g/mol. The lowest BCUT2D eigenvalue weighted by atomic mass is 10.1. The van der Waals surface area contributed by atoms with Crippen molar-refractivity contribution in [1.29, 1.82) is 0 Å². The van der Waals surface area contributed by atoms with Gasteiger partial charge in [0.05, 0.1) is 58.1 Å². The molecule has 0 saturated carbocycles. The van der Waals surface area contributed by atoms with E-state index in [2.05, 4.69) is 30.6 Å². The van der Waals surface area contributed by atoms with E-state index >= 15 is 0 Å². The molecule has 1 aromatic carbocycles. The number of carboxylic acid groups (broad SMARTS) is 1. The van der Waals surface area contributed by atoms with Crippen LogP contribution in [0.1, 0.15) is 28.9 Å². The van der Waals surface area contributed by atoms with E-state index in [1.165, 1.54) is 0 Å². The number of nitrogens with zero attached hydrogens (tertiary/aromatic N) is 5. The Morgan fingerprint density at radius 3 is 2.29 bits per heavy atom. The van der Waals surface area contributed by atoms with Crippen molar-refractivity contribution < 1.29 is 33.7 Å². The fraction of sp³-hybridized carbons (Fsp3) is 0.464. The van der Waals surface area contributed by atoms with Crippen LogP contribution in [0.4, 0.5) is 17.5 Å². The smallest absolute Gasteiger partial charge is 0.326 e. The van der Waals surface area contributed by atoms with Crippen LogP contribution in [0.15, 0.2) is 30.5 Å². The highest BCUT2D eigenvalue weighted by Gasteiger charge is 2.22. The zero-order chi connectivity index (χ0) is 32.6. The number of rotatable bonds is 20. The van der Waals surface area contributed by atoms with Gasteiger partial charge in [-0.3, -0.25) is 9.59 Å². The predicted molar refractivity (Wildman–Crippen MR) is 165 cm³/mol. The molecule has 0 fully saturated rings. The van der Waals surface area contributed by atoms with E-state index in [1.807, 2.05) is 11.9 Å². The summed E-state index contributed by atoms with van der Waals surface area (Å²) in [7, 11) is 1.83. The number of aliphatic carboxylic acids is 1. The number of ether oxygens (including phenoxy) is 3. The van der Waals surface area contributed by atoms with Crippen molar-refractivity contribution in [3.63, 3.8) is 0 Å². The first kappa shape index (κ1) is 34.8. The Hall–Kier alpha value is -4.71. The molecule has 1 unspecified atom stereocenters. The van der Waals surface area contributed by atoms with Gasteiger partial charge in [-0.2, -0.15) is 9.97 Å². The highest BCUT2D eigenvalue weighted by atomic mass is 16.5. The molecule has 0 aliphatic rings. The SMILES string of the molecule is CN(Cc1cnc2nc(N)nc(N)c2n1)c1ccc(C(=O)NC(CCC(=O)NCCOCCOCCOCCN)C(=O)O)cc1. The lowest BCUT2D eigenvalue weighted by Gasteiger charge is -2.19. The second kappa shape index (κ2) is 18.2. The number of amides is 2. The summed E-state index contributed by atoms with van der Waals surface area (Å²) in [6.45, 7) is 3.51. The molecule has 2 amide bonds. The quantitative estimate of drug-likeness (QED) is 0.0846. The average molecular weight is 629 g/mol. The molecular weight excluding hydrogens is 588 g/mol. The third-order valence-electron chi connectivity index (χ3n) is 6.31. The molecule has 2 aromatic heterocycles. The lowest BCUT2D eigenvalue weighted by molar-refractivity contribution is -0.139. The van der Waals surface area contributed by atoms with Gasteiger partial charge in [0.2, 0.25) is 11.9 Å². The maximum absolute atomic E-state index is 12.8.